The predicted molar refractivity (Wildman–Crippen MR) is 121 cm³/mol. The van der Waals surface area contributed by atoms with Gasteiger partial charge in [0.25, 0.3) is 11.7 Å². The number of nitrogens with one attached hydrogen (secondary N) is 1. The molecule has 2 N–H and O–H groups in total. The summed E-state index contributed by atoms with van der Waals surface area (Å²) in [5, 5.41) is 12.1. The van der Waals surface area contributed by atoms with Crippen molar-refractivity contribution in [3.05, 3.63) is 107 Å². The lowest BCUT2D eigenvalue weighted by Crippen LogP contribution is -2.29. The van der Waals surface area contributed by atoms with E-state index in [2.05, 4.69) is 4.98 Å². The van der Waals surface area contributed by atoms with Crippen LogP contribution in [0.25, 0.3) is 16.7 Å². The van der Waals surface area contributed by atoms with E-state index in [1.807, 2.05) is 85.8 Å². The maximum Gasteiger partial charge on any atom is 0.300 e. The van der Waals surface area contributed by atoms with Crippen LogP contribution < -0.4 is 4.90 Å². The second-order valence-electron chi connectivity index (χ2n) is 7.66. The standard InChI is InChI=1S/C26H20N2O3/c1-16-11-13-18(14-12-16)28-23(17-7-3-2-4-8-17)22(25(30)26(28)31)24(29)20-15-27-21-10-6-5-9-19(20)21/h2-15,23,27,29H,1H3/b24-22-. The summed E-state index contributed by atoms with van der Waals surface area (Å²) in [6, 6.07) is 23.6. The van der Waals surface area contributed by atoms with Gasteiger partial charge < -0.3 is 10.1 Å². The second-order valence-corrected chi connectivity index (χ2v) is 7.66. The first-order valence-corrected chi connectivity index (χ1v) is 10.1. The number of aromatic amines is 1. The molecule has 0 aliphatic carbocycles. The monoisotopic (exact) mass is 408 g/mol. The van der Waals surface area contributed by atoms with E-state index < -0.39 is 17.7 Å². The minimum atomic E-state index is -0.724. The van der Waals surface area contributed by atoms with Crippen molar-refractivity contribution in [2.24, 2.45) is 0 Å². The highest BCUT2D eigenvalue weighted by atomic mass is 16.3. The lowest BCUT2D eigenvalue weighted by Gasteiger charge is -2.25. The molecule has 1 fully saturated rings. The number of ketones is 1. The molecule has 0 spiro atoms. The molecule has 1 amide bonds. The first-order valence-electron chi connectivity index (χ1n) is 10.1. The Kier molecular flexibility index (Phi) is 4.44. The molecule has 2 heterocycles. The van der Waals surface area contributed by atoms with Crippen molar-refractivity contribution in [3.63, 3.8) is 0 Å². The number of carbonyl (C=O) groups excluding carboxylic acids is 2. The second kappa shape index (κ2) is 7.29. The number of aryl methyl sites for hydroxylation is 1. The Labute approximate surface area is 179 Å². The van der Waals surface area contributed by atoms with E-state index in [4.69, 9.17) is 0 Å². The summed E-state index contributed by atoms with van der Waals surface area (Å²) < 4.78 is 0. The Balaban J connectivity index is 1.75. The fourth-order valence-corrected chi connectivity index (χ4v) is 4.17. The summed E-state index contributed by atoms with van der Waals surface area (Å²) in [7, 11) is 0. The maximum atomic E-state index is 13.2. The van der Waals surface area contributed by atoms with Gasteiger partial charge in [-0.25, -0.2) is 0 Å². The molecule has 0 saturated carbocycles. The highest BCUT2D eigenvalue weighted by Crippen LogP contribution is 2.42. The number of amides is 1. The predicted octanol–water partition coefficient (Wildman–Crippen LogP) is 5.10. The van der Waals surface area contributed by atoms with E-state index in [1.165, 1.54) is 4.90 Å². The number of hydrogen-bond donors (Lipinski definition) is 2. The Bertz CT molecular complexity index is 1330. The third kappa shape index (κ3) is 3.02. The van der Waals surface area contributed by atoms with Crippen LogP contribution >= 0.6 is 0 Å². The Morgan fingerprint density at radius 2 is 1.58 bits per heavy atom. The molecule has 5 nitrogen and oxygen atoms in total. The fourth-order valence-electron chi connectivity index (χ4n) is 4.17. The molecular weight excluding hydrogens is 388 g/mol. The number of fused-ring (bicyclic) bond motifs is 1. The molecule has 0 bridgehead atoms. The molecule has 1 saturated heterocycles. The van der Waals surface area contributed by atoms with Gasteiger partial charge in [-0.15, -0.1) is 0 Å². The minimum Gasteiger partial charge on any atom is -0.507 e. The van der Waals surface area contributed by atoms with Gasteiger partial charge in [-0.05, 0) is 30.7 Å². The summed E-state index contributed by atoms with van der Waals surface area (Å²) in [5.74, 6) is -1.53. The third-order valence-electron chi connectivity index (χ3n) is 5.72. The van der Waals surface area contributed by atoms with Gasteiger partial charge in [0.15, 0.2) is 0 Å². The molecule has 1 atom stereocenters. The van der Waals surface area contributed by atoms with Gasteiger partial charge in [-0.1, -0.05) is 66.2 Å². The molecule has 1 aliphatic heterocycles. The Morgan fingerprint density at radius 3 is 2.32 bits per heavy atom. The van der Waals surface area contributed by atoms with Crippen molar-refractivity contribution >= 4 is 34.0 Å². The zero-order valence-electron chi connectivity index (χ0n) is 16.9. The molecule has 0 radical (unpaired) electrons. The van der Waals surface area contributed by atoms with Crippen molar-refractivity contribution in [1.82, 2.24) is 4.98 Å². The first kappa shape index (κ1) is 18.9. The zero-order chi connectivity index (χ0) is 21.5. The number of aliphatic hydroxyl groups is 1. The molecular formula is C26H20N2O3. The number of rotatable bonds is 3. The van der Waals surface area contributed by atoms with Crippen LogP contribution in [0.2, 0.25) is 0 Å². The number of para-hydroxylation sites is 1. The van der Waals surface area contributed by atoms with E-state index >= 15 is 0 Å². The topological polar surface area (TPSA) is 73.4 Å². The molecule has 31 heavy (non-hydrogen) atoms. The summed E-state index contributed by atoms with van der Waals surface area (Å²) >= 11 is 0. The van der Waals surface area contributed by atoms with Crippen molar-refractivity contribution in [1.29, 1.82) is 0 Å². The third-order valence-corrected chi connectivity index (χ3v) is 5.72. The number of Topliss-reactive ketones (excluding diaryl/α,β-unsaturated/α-hetero) is 1. The van der Waals surface area contributed by atoms with E-state index in [-0.39, 0.29) is 11.3 Å². The number of nitrogens with zero attached hydrogens (tertiary/aromatic N) is 1. The van der Waals surface area contributed by atoms with Gasteiger partial charge in [-0.2, -0.15) is 0 Å². The van der Waals surface area contributed by atoms with Crippen LogP contribution in [0.3, 0.4) is 0 Å². The maximum absolute atomic E-state index is 13.2. The van der Waals surface area contributed by atoms with Crippen LogP contribution in [-0.4, -0.2) is 21.8 Å². The number of carbonyl (C=O) groups is 2. The first-order chi connectivity index (χ1) is 15.1. The summed E-state index contributed by atoms with van der Waals surface area (Å²) in [5.41, 5.74) is 3.84. The van der Waals surface area contributed by atoms with Crippen molar-refractivity contribution in [3.8, 4) is 0 Å². The van der Waals surface area contributed by atoms with E-state index in [0.29, 0.717) is 11.3 Å². The van der Waals surface area contributed by atoms with Gasteiger partial charge in [-0.3, -0.25) is 14.5 Å². The minimum absolute atomic E-state index is 0.0847. The normalized spacial score (nSPS) is 18.1. The molecule has 5 rings (SSSR count). The van der Waals surface area contributed by atoms with Crippen molar-refractivity contribution < 1.29 is 14.7 Å². The molecule has 1 aromatic heterocycles. The fraction of sp³-hybridized carbons (Fsp3) is 0.0769. The number of H-pyrrole nitrogens is 1. The molecule has 1 unspecified atom stereocenters. The number of hydrogen-bond acceptors (Lipinski definition) is 3. The van der Waals surface area contributed by atoms with Crippen molar-refractivity contribution in [2.75, 3.05) is 4.90 Å². The van der Waals surface area contributed by atoms with Crippen LogP contribution in [0.5, 0.6) is 0 Å². The van der Waals surface area contributed by atoms with E-state index in [0.717, 1.165) is 22.0 Å². The number of anilines is 1. The van der Waals surface area contributed by atoms with Crippen LogP contribution in [0.15, 0.2) is 90.6 Å². The van der Waals surface area contributed by atoms with Crippen LogP contribution in [0, 0.1) is 6.92 Å². The number of aromatic nitrogens is 1. The average Bonchev–Trinajstić information content (AvgIpc) is 3.34. The summed E-state index contributed by atoms with van der Waals surface area (Å²) in [4.78, 5) is 30.9. The Morgan fingerprint density at radius 1 is 0.903 bits per heavy atom. The summed E-state index contributed by atoms with van der Waals surface area (Å²) in [6.07, 6.45) is 1.67. The summed E-state index contributed by atoms with van der Waals surface area (Å²) in [6.45, 7) is 1.96. The van der Waals surface area contributed by atoms with Crippen LogP contribution in [-0.2, 0) is 9.59 Å². The SMILES string of the molecule is Cc1ccc(N2C(=O)C(=O)/C(=C(\O)c3c[nH]c4ccccc34)C2c2ccccc2)cc1. The highest BCUT2D eigenvalue weighted by Gasteiger charge is 2.47. The molecule has 1 aliphatic rings. The molecule has 5 heteroatoms. The van der Waals surface area contributed by atoms with E-state index in [9.17, 15) is 14.7 Å². The molecule has 152 valence electrons. The lowest BCUT2D eigenvalue weighted by molar-refractivity contribution is -0.132. The quantitative estimate of drug-likeness (QED) is 0.281. The van der Waals surface area contributed by atoms with Gasteiger partial charge in [0.2, 0.25) is 0 Å². The van der Waals surface area contributed by atoms with Gasteiger partial charge in [0, 0.05) is 28.4 Å². The highest BCUT2D eigenvalue weighted by molar-refractivity contribution is 6.51. The smallest absolute Gasteiger partial charge is 0.300 e. The average molecular weight is 408 g/mol. The van der Waals surface area contributed by atoms with Gasteiger partial charge in [0.05, 0.1) is 11.6 Å². The largest absolute Gasteiger partial charge is 0.507 e. The van der Waals surface area contributed by atoms with Crippen molar-refractivity contribution in [2.45, 2.75) is 13.0 Å². The van der Waals surface area contributed by atoms with Gasteiger partial charge >= 0.3 is 0 Å². The number of benzene rings is 3. The lowest BCUT2D eigenvalue weighted by atomic mass is 9.95. The molecule has 4 aromatic rings. The van der Waals surface area contributed by atoms with Crippen LogP contribution in [0.4, 0.5) is 5.69 Å². The Hall–Kier alpha value is -4.12. The molecule has 3 aromatic carbocycles. The number of aliphatic hydroxyl groups excluding tert-OH is 1. The zero-order valence-corrected chi connectivity index (χ0v) is 16.9. The van der Waals surface area contributed by atoms with Crippen LogP contribution in [0.1, 0.15) is 22.7 Å². The van der Waals surface area contributed by atoms with Gasteiger partial charge in [0.1, 0.15) is 5.76 Å². The van der Waals surface area contributed by atoms with E-state index in [1.54, 1.807) is 6.20 Å².